The van der Waals surface area contributed by atoms with Gasteiger partial charge in [-0.25, -0.2) is 0 Å². The minimum absolute atomic E-state index is 0.532. The van der Waals surface area contributed by atoms with E-state index in [9.17, 15) is 0 Å². The lowest BCUT2D eigenvalue weighted by atomic mass is 10.1. The highest BCUT2D eigenvalue weighted by atomic mass is 35.5. The van der Waals surface area contributed by atoms with E-state index in [1.54, 1.807) is 0 Å². The molecular weight excluding hydrogens is 280 g/mol. The van der Waals surface area contributed by atoms with E-state index < -0.39 is 0 Å². The Bertz CT molecular complexity index is 594. The highest BCUT2D eigenvalue weighted by Gasteiger charge is 2.20. The molecule has 0 aromatic heterocycles. The smallest absolute Gasteiger partial charge is 0.0430 e. The lowest BCUT2D eigenvalue weighted by Crippen LogP contribution is -2.37. The molecule has 1 unspecified atom stereocenters. The first-order chi connectivity index (χ1) is 10.3. The predicted molar refractivity (Wildman–Crippen MR) is 89.9 cm³/mol. The maximum Gasteiger partial charge on any atom is 0.0430 e. The van der Waals surface area contributed by atoms with Crippen LogP contribution < -0.4 is 10.2 Å². The molecule has 0 saturated carbocycles. The first kappa shape index (κ1) is 14.4. The van der Waals surface area contributed by atoms with Crippen molar-refractivity contribution in [3.8, 4) is 0 Å². The van der Waals surface area contributed by atoms with Gasteiger partial charge in [0.15, 0.2) is 0 Å². The average Bonchev–Trinajstić information content (AvgIpc) is 2.69. The molecule has 1 atom stereocenters. The summed E-state index contributed by atoms with van der Waals surface area (Å²) in [6, 6.07) is 17.4. The Hall–Kier alpha value is -1.51. The van der Waals surface area contributed by atoms with Crippen LogP contribution in [-0.2, 0) is 13.1 Å². The summed E-state index contributed by atoms with van der Waals surface area (Å²) in [6.45, 7) is 5.16. The molecule has 2 aromatic rings. The third kappa shape index (κ3) is 3.39. The number of rotatable bonds is 3. The molecule has 3 rings (SSSR count). The van der Waals surface area contributed by atoms with Crippen molar-refractivity contribution >= 4 is 17.3 Å². The Morgan fingerprint density at radius 2 is 1.90 bits per heavy atom. The topological polar surface area (TPSA) is 15.3 Å². The summed E-state index contributed by atoms with van der Waals surface area (Å²) < 4.78 is 0. The number of nitrogens with one attached hydrogen (secondary N) is 1. The lowest BCUT2D eigenvalue weighted by Gasteiger charge is -2.27. The molecule has 0 bridgehead atoms. The van der Waals surface area contributed by atoms with Gasteiger partial charge in [0.1, 0.15) is 0 Å². The lowest BCUT2D eigenvalue weighted by molar-refractivity contribution is 0.502. The summed E-state index contributed by atoms with van der Waals surface area (Å²) in [4.78, 5) is 2.48. The molecule has 3 heteroatoms. The molecule has 1 aliphatic rings. The normalized spacial score (nSPS) is 18.2. The summed E-state index contributed by atoms with van der Waals surface area (Å²) in [5, 5.41) is 4.44. The van der Waals surface area contributed by atoms with Crippen molar-refractivity contribution in [3.63, 3.8) is 0 Å². The van der Waals surface area contributed by atoms with Crippen LogP contribution in [0.25, 0.3) is 0 Å². The van der Waals surface area contributed by atoms with Crippen molar-refractivity contribution in [2.24, 2.45) is 0 Å². The Morgan fingerprint density at radius 1 is 1.14 bits per heavy atom. The Kier molecular flexibility index (Phi) is 4.47. The number of fused-ring (bicyclic) bond motifs is 1. The van der Waals surface area contributed by atoms with E-state index in [2.05, 4.69) is 53.5 Å². The molecule has 1 heterocycles. The van der Waals surface area contributed by atoms with Gasteiger partial charge >= 0.3 is 0 Å². The maximum absolute atomic E-state index is 5.98. The Balaban J connectivity index is 1.88. The van der Waals surface area contributed by atoms with E-state index in [1.165, 1.54) is 16.8 Å². The van der Waals surface area contributed by atoms with E-state index in [0.717, 1.165) is 31.1 Å². The van der Waals surface area contributed by atoms with Gasteiger partial charge in [-0.1, -0.05) is 48.9 Å². The van der Waals surface area contributed by atoms with Gasteiger partial charge in [-0.15, -0.1) is 0 Å². The molecule has 0 fully saturated rings. The first-order valence-corrected chi connectivity index (χ1v) is 7.94. The number of benzene rings is 2. The fourth-order valence-electron chi connectivity index (χ4n) is 2.89. The zero-order valence-electron chi connectivity index (χ0n) is 12.3. The SMILES string of the molecule is CCC1CN(Cc2ccc(Cl)cc2)c2ccccc2CN1. The summed E-state index contributed by atoms with van der Waals surface area (Å²) in [5.41, 5.74) is 4.02. The molecule has 110 valence electrons. The zero-order chi connectivity index (χ0) is 14.7. The van der Waals surface area contributed by atoms with Crippen molar-refractivity contribution in [3.05, 3.63) is 64.7 Å². The number of halogens is 1. The van der Waals surface area contributed by atoms with E-state index in [0.29, 0.717) is 6.04 Å². The van der Waals surface area contributed by atoms with Crippen LogP contribution in [0.4, 0.5) is 5.69 Å². The van der Waals surface area contributed by atoms with Crippen molar-refractivity contribution < 1.29 is 0 Å². The summed E-state index contributed by atoms with van der Waals surface area (Å²) >= 11 is 5.98. The van der Waals surface area contributed by atoms with Gasteiger partial charge in [0.05, 0.1) is 0 Å². The molecule has 0 radical (unpaired) electrons. The van der Waals surface area contributed by atoms with Crippen molar-refractivity contribution in [2.75, 3.05) is 11.4 Å². The van der Waals surface area contributed by atoms with Gasteiger partial charge in [0.25, 0.3) is 0 Å². The van der Waals surface area contributed by atoms with E-state index >= 15 is 0 Å². The second-order valence-electron chi connectivity index (χ2n) is 5.62. The predicted octanol–water partition coefficient (Wildman–Crippen LogP) is 4.23. The fourth-order valence-corrected chi connectivity index (χ4v) is 3.01. The largest absolute Gasteiger partial charge is 0.365 e. The molecular formula is C18H21ClN2. The summed E-state index contributed by atoms with van der Waals surface area (Å²) in [5.74, 6) is 0. The van der Waals surface area contributed by atoms with Gasteiger partial charge in [-0.3, -0.25) is 0 Å². The molecule has 0 saturated heterocycles. The average molecular weight is 301 g/mol. The van der Waals surface area contributed by atoms with Gasteiger partial charge in [0, 0.05) is 36.4 Å². The molecule has 0 spiro atoms. The van der Waals surface area contributed by atoms with Crippen LogP contribution in [0.1, 0.15) is 24.5 Å². The molecule has 0 aliphatic carbocycles. The first-order valence-electron chi connectivity index (χ1n) is 7.57. The Morgan fingerprint density at radius 3 is 2.67 bits per heavy atom. The Labute approximate surface area is 131 Å². The van der Waals surface area contributed by atoms with E-state index in [-0.39, 0.29) is 0 Å². The highest BCUT2D eigenvalue weighted by molar-refractivity contribution is 6.30. The standard InChI is InChI=1S/C18H21ClN2/c1-2-17-13-21(12-14-7-9-16(19)10-8-14)18-6-4-3-5-15(18)11-20-17/h3-10,17,20H,2,11-13H2,1H3. The molecule has 2 nitrogen and oxygen atoms in total. The van der Waals surface area contributed by atoms with E-state index in [4.69, 9.17) is 11.6 Å². The third-order valence-corrected chi connectivity index (χ3v) is 4.39. The zero-order valence-corrected chi connectivity index (χ0v) is 13.1. The van der Waals surface area contributed by atoms with Crippen LogP contribution in [0.15, 0.2) is 48.5 Å². The van der Waals surface area contributed by atoms with Crippen LogP contribution in [0.2, 0.25) is 5.02 Å². The molecule has 21 heavy (non-hydrogen) atoms. The van der Waals surface area contributed by atoms with Gasteiger partial charge in [0.2, 0.25) is 0 Å². The summed E-state index contributed by atoms with van der Waals surface area (Å²) in [6.07, 6.45) is 1.14. The minimum atomic E-state index is 0.532. The second-order valence-corrected chi connectivity index (χ2v) is 6.06. The van der Waals surface area contributed by atoms with Gasteiger partial charge in [-0.05, 0) is 35.7 Å². The van der Waals surface area contributed by atoms with Gasteiger partial charge < -0.3 is 10.2 Å². The monoisotopic (exact) mass is 300 g/mol. The van der Waals surface area contributed by atoms with Gasteiger partial charge in [-0.2, -0.15) is 0 Å². The van der Waals surface area contributed by atoms with Crippen molar-refractivity contribution in [1.29, 1.82) is 0 Å². The van der Waals surface area contributed by atoms with Crippen LogP contribution in [-0.4, -0.2) is 12.6 Å². The van der Waals surface area contributed by atoms with Crippen molar-refractivity contribution in [2.45, 2.75) is 32.5 Å². The third-order valence-electron chi connectivity index (χ3n) is 4.13. The van der Waals surface area contributed by atoms with Crippen LogP contribution in [0.5, 0.6) is 0 Å². The number of anilines is 1. The minimum Gasteiger partial charge on any atom is -0.365 e. The number of hydrogen-bond donors (Lipinski definition) is 1. The maximum atomic E-state index is 5.98. The number of para-hydroxylation sites is 1. The quantitative estimate of drug-likeness (QED) is 0.912. The molecule has 1 aliphatic heterocycles. The van der Waals surface area contributed by atoms with Crippen molar-refractivity contribution in [1.82, 2.24) is 5.32 Å². The highest BCUT2D eigenvalue weighted by Crippen LogP contribution is 2.26. The molecule has 2 aromatic carbocycles. The van der Waals surface area contributed by atoms with Crippen LogP contribution in [0, 0.1) is 0 Å². The van der Waals surface area contributed by atoms with E-state index in [1.807, 2.05) is 12.1 Å². The second kappa shape index (κ2) is 6.50. The molecule has 0 amide bonds. The summed E-state index contributed by atoms with van der Waals surface area (Å²) in [7, 11) is 0. The van der Waals surface area contributed by atoms with Crippen LogP contribution in [0.3, 0.4) is 0 Å². The molecule has 1 N–H and O–H groups in total. The van der Waals surface area contributed by atoms with Crippen LogP contribution >= 0.6 is 11.6 Å². The fraction of sp³-hybridized carbons (Fsp3) is 0.333. The number of hydrogen-bond acceptors (Lipinski definition) is 2. The number of nitrogens with zero attached hydrogens (tertiary/aromatic N) is 1.